The fraction of sp³-hybridized carbons (Fsp3) is 0.312. The molecule has 2 aromatic rings. The van der Waals surface area contributed by atoms with Crippen molar-refractivity contribution in [3.05, 3.63) is 46.4 Å². The zero-order valence-corrected chi connectivity index (χ0v) is 14.3. The molecule has 134 valence electrons. The van der Waals surface area contributed by atoms with Gasteiger partial charge in [-0.2, -0.15) is 13.2 Å². The van der Waals surface area contributed by atoms with Crippen LogP contribution in [0.25, 0.3) is 0 Å². The van der Waals surface area contributed by atoms with E-state index in [1.165, 1.54) is 18.2 Å². The van der Waals surface area contributed by atoms with Crippen LogP contribution >= 0.6 is 11.6 Å². The predicted octanol–water partition coefficient (Wildman–Crippen LogP) is 4.34. The minimum Gasteiger partial charge on any atom is -0.351 e. The zero-order chi connectivity index (χ0) is 18.6. The van der Waals surface area contributed by atoms with Crippen molar-refractivity contribution in [2.45, 2.75) is 26.4 Å². The number of halogens is 4. The van der Waals surface area contributed by atoms with Crippen molar-refractivity contribution in [1.29, 1.82) is 0 Å². The molecule has 9 heteroatoms. The van der Waals surface area contributed by atoms with Gasteiger partial charge in [-0.05, 0) is 31.5 Å². The average molecular weight is 373 g/mol. The fourth-order valence-electron chi connectivity index (χ4n) is 2.08. The first-order chi connectivity index (χ1) is 11.7. The lowest BCUT2D eigenvalue weighted by atomic mass is 10.1. The number of anilines is 2. The lowest BCUT2D eigenvalue weighted by molar-refractivity contribution is -0.136. The van der Waals surface area contributed by atoms with Crippen LogP contribution in [0.4, 0.5) is 24.7 Å². The minimum atomic E-state index is -4.59. The molecule has 1 amide bonds. The standard InChI is InChI=1S/C16H16ClF3N4O/c1-3-6-21-15(25)13-8-14(23-9(2)22-13)24-12-5-4-10(17)7-11(12)16(18,19)20/h4-5,7-8H,3,6H2,1-2H3,(H,21,25)(H,22,23,24). The highest BCUT2D eigenvalue weighted by atomic mass is 35.5. The van der Waals surface area contributed by atoms with Gasteiger partial charge in [0, 0.05) is 17.6 Å². The Morgan fingerprint density at radius 3 is 2.60 bits per heavy atom. The number of alkyl halides is 3. The Kier molecular flexibility index (Phi) is 5.84. The van der Waals surface area contributed by atoms with Crippen LogP contribution in [-0.2, 0) is 6.18 Å². The van der Waals surface area contributed by atoms with Crippen LogP contribution in [0.15, 0.2) is 24.3 Å². The van der Waals surface area contributed by atoms with Crippen LogP contribution in [0.5, 0.6) is 0 Å². The van der Waals surface area contributed by atoms with Crippen molar-refractivity contribution >= 4 is 29.0 Å². The van der Waals surface area contributed by atoms with Crippen molar-refractivity contribution in [2.75, 3.05) is 11.9 Å². The molecule has 0 radical (unpaired) electrons. The van der Waals surface area contributed by atoms with Gasteiger partial charge in [-0.3, -0.25) is 4.79 Å². The maximum absolute atomic E-state index is 13.2. The van der Waals surface area contributed by atoms with Crippen molar-refractivity contribution in [2.24, 2.45) is 0 Å². The molecule has 0 aliphatic carbocycles. The van der Waals surface area contributed by atoms with Gasteiger partial charge in [-0.1, -0.05) is 18.5 Å². The molecule has 0 spiro atoms. The molecule has 2 N–H and O–H groups in total. The van der Waals surface area contributed by atoms with Gasteiger partial charge >= 0.3 is 6.18 Å². The van der Waals surface area contributed by atoms with E-state index in [1.54, 1.807) is 6.92 Å². The number of hydrogen-bond acceptors (Lipinski definition) is 4. The second-order valence-electron chi connectivity index (χ2n) is 5.25. The highest BCUT2D eigenvalue weighted by Crippen LogP contribution is 2.37. The van der Waals surface area contributed by atoms with E-state index in [4.69, 9.17) is 11.6 Å². The van der Waals surface area contributed by atoms with Crippen LogP contribution in [0.1, 0.15) is 35.2 Å². The maximum Gasteiger partial charge on any atom is 0.418 e. The Balaban J connectivity index is 2.35. The minimum absolute atomic E-state index is 0.0311. The van der Waals surface area contributed by atoms with E-state index in [2.05, 4.69) is 20.6 Å². The smallest absolute Gasteiger partial charge is 0.351 e. The third kappa shape index (κ3) is 5.06. The number of amides is 1. The van der Waals surface area contributed by atoms with E-state index in [0.29, 0.717) is 6.54 Å². The van der Waals surface area contributed by atoms with Gasteiger partial charge in [0.25, 0.3) is 5.91 Å². The van der Waals surface area contributed by atoms with Crippen molar-refractivity contribution < 1.29 is 18.0 Å². The Morgan fingerprint density at radius 2 is 1.96 bits per heavy atom. The number of hydrogen-bond donors (Lipinski definition) is 2. The summed E-state index contributed by atoms with van der Waals surface area (Å²) in [6.07, 6.45) is -3.84. The summed E-state index contributed by atoms with van der Waals surface area (Å²) < 4.78 is 39.5. The molecular weight excluding hydrogens is 357 g/mol. The Morgan fingerprint density at radius 1 is 1.24 bits per heavy atom. The number of aryl methyl sites for hydroxylation is 1. The zero-order valence-electron chi connectivity index (χ0n) is 13.5. The SMILES string of the molecule is CCCNC(=O)c1cc(Nc2ccc(Cl)cc2C(F)(F)F)nc(C)n1. The monoisotopic (exact) mass is 372 g/mol. The molecule has 2 rings (SSSR count). The van der Waals surface area contributed by atoms with Crippen LogP contribution in [-0.4, -0.2) is 22.4 Å². The number of nitrogens with one attached hydrogen (secondary N) is 2. The van der Waals surface area contributed by atoms with Crippen molar-refractivity contribution in [1.82, 2.24) is 15.3 Å². The Hall–Kier alpha value is -2.35. The average Bonchev–Trinajstić information content (AvgIpc) is 2.52. The molecule has 0 unspecified atom stereocenters. The molecule has 5 nitrogen and oxygen atoms in total. The molecule has 1 heterocycles. The number of carbonyl (C=O) groups excluding carboxylic acids is 1. The summed E-state index contributed by atoms with van der Waals surface area (Å²) in [5, 5.41) is 5.21. The summed E-state index contributed by atoms with van der Waals surface area (Å²) in [5.74, 6) is -0.0707. The fourth-order valence-corrected chi connectivity index (χ4v) is 2.25. The van der Waals surface area contributed by atoms with Gasteiger partial charge in [0.1, 0.15) is 17.3 Å². The van der Waals surface area contributed by atoms with E-state index >= 15 is 0 Å². The van der Waals surface area contributed by atoms with Gasteiger partial charge in [-0.15, -0.1) is 0 Å². The first-order valence-electron chi connectivity index (χ1n) is 7.48. The highest BCUT2D eigenvalue weighted by molar-refractivity contribution is 6.30. The molecule has 0 atom stereocenters. The quantitative estimate of drug-likeness (QED) is 0.819. The van der Waals surface area contributed by atoms with Crippen LogP contribution in [0, 0.1) is 6.92 Å². The first-order valence-corrected chi connectivity index (χ1v) is 7.86. The number of aromatic nitrogens is 2. The summed E-state index contributed by atoms with van der Waals surface area (Å²) in [4.78, 5) is 20.0. The number of carbonyl (C=O) groups is 1. The Labute approximate surface area is 147 Å². The molecule has 0 aliphatic rings. The number of rotatable bonds is 5. The third-order valence-electron chi connectivity index (χ3n) is 3.16. The Bertz CT molecular complexity index is 780. The van der Waals surface area contributed by atoms with Crippen LogP contribution < -0.4 is 10.6 Å². The van der Waals surface area contributed by atoms with E-state index in [0.717, 1.165) is 12.5 Å². The molecule has 0 saturated carbocycles. The van der Waals surface area contributed by atoms with Crippen LogP contribution in [0.3, 0.4) is 0 Å². The molecule has 1 aromatic carbocycles. The molecule has 25 heavy (non-hydrogen) atoms. The molecule has 0 aliphatic heterocycles. The normalized spacial score (nSPS) is 11.3. The lowest BCUT2D eigenvalue weighted by Gasteiger charge is -2.15. The topological polar surface area (TPSA) is 66.9 Å². The van der Waals surface area contributed by atoms with Gasteiger partial charge in [0.2, 0.25) is 0 Å². The molecular formula is C16H16ClF3N4O. The van der Waals surface area contributed by atoms with Gasteiger partial charge < -0.3 is 10.6 Å². The second-order valence-corrected chi connectivity index (χ2v) is 5.69. The van der Waals surface area contributed by atoms with E-state index in [1.807, 2.05) is 6.92 Å². The lowest BCUT2D eigenvalue weighted by Crippen LogP contribution is -2.25. The van der Waals surface area contributed by atoms with Gasteiger partial charge in [0.05, 0.1) is 11.3 Å². The molecule has 1 aromatic heterocycles. The van der Waals surface area contributed by atoms with E-state index in [9.17, 15) is 18.0 Å². The molecule has 0 fully saturated rings. The summed E-state index contributed by atoms with van der Waals surface area (Å²) in [6.45, 7) is 3.92. The van der Waals surface area contributed by atoms with E-state index < -0.39 is 17.6 Å². The van der Waals surface area contributed by atoms with Crippen molar-refractivity contribution in [3.8, 4) is 0 Å². The highest BCUT2D eigenvalue weighted by Gasteiger charge is 2.34. The second kappa shape index (κ2) is 7.69. The summed E-state index contributed by atoms with van der Waals surface area (Å²) in [7, 11) is 0. The van der Waals surface area contributed by atoms with Gasteiger partial charge in [0.15, 0.2) is 0 Å². The van der Waals surface area contributed by atoms with Gasteiger partial charge in [-0.25, -0.2) is 9.97 Å². The third-order valence-corrected chi connectivity index (χ3v) is 3.39. The summed E-state index contributed by atoms with van der Waals surface area (Å²) >= 11 is 5.66. The van der Waals surface area contributed by atoms with E-state index in [-0.39, 0.29) is 28.0 Å². The number of nitrogens with zero attached hydrogens (tertiary/aromatic N) is 2. The molecule has 0 bridgehead atoms. The molecule has 0 saturated heterocycles. The van der Waals surface area contributed by atoms with Crippen LogP contribution in [0.2, 0.25) is 5.02 Å². The summed E-state index contributed by atoms with van der Waals surface area (Å²) in [6, 6.07) is 4.67. The maximum atomic E-state index is 13.2. The first kappa shape index (κ1) is 19.0. The predicted molar refractivity (Wildman–Crippen MR) is 89.1 cm³/mol. The van der Waals surface area contributed by atoms with Crippen molar-refractivity contribution in [3.63, 3.8) is 0 Å². The summed E-state index contributed by atoms with van der Waals surface area (Å²) in [5.41, 5.74) is -1.06. The number of benzene rings is 1. The largest absolute Gasteiger partial charge is 0.418 e.